The number of aromatic nitrogens is 6. The monoisotopic (exact) mass is 549 g/mol. The van der Waals surface area contributed by atoms with Gasteiger partial charge < -0.3 is 0 Å². The summed E-state index contributed by atoms with van der Waals surface area (Å²) in [6.07, 6.45) is 9.26. The lowest BCUT2D eigenvalue weighted by atomic mass is 10.1. The van der Waals surface area contributed by atoms with E-state index < -0.39 is 10.0 Å². The van der Waals surface area contributed by atoms with E-state index in [1.165, 1.54) is 0 Å². The zero-order chi connectivity index (χ0) is 27.1. The van der Waals surface area contributed by atoms with Crippen LogP contribution in [0.3, 0.4) is 0 Å². The number of hydrogen-bond acceptors (Lipinski definition) is 8. The normalized spacial score (nSPS) is 25.7. The highest BCUT2D eigenvalue weighted by atomic mass is 32.2. The second-order valence-corrected chi connectivity index (χ2v) is 14.2. The highest BCUT2D eigenvalue weighted by molar-refractivity contribution is 7.89. The van der Waals surface area contributed by atoms with Crippen LogP contribution in [0.25, 0.3) is 22.6 Å². The summed E-state index contributed by atoms with van der Waals surface area (Å²) in [4.78, 5) is 37.3. The van der Waals surface area contributed by atoms with Crippen molar-refractivity contribution < 1.29 is 8.42 Å². The van der Waals surface area contributed by atoms with Crippen LogP contribution in [0.5, 0.6) is 0 Å². The summed E-state index contributed by atoms with van der Waals surface area (Å²) in [5.74, 6) is 2.87. The van der Waals surface area contributed by atoms with E-state index in [1.807, 2.05) is 11.5 Å². The van der Waals surface area contributed by atoms with Crippen LogP contribution < -0.4 is 5.56 Å². The lowest BCUT2D eigenvalue weighted by Gasteiger charge is -2.19. The molecule has 1 saturated heterocycles. The van der Waals surface area contributed by atoms with E-state index in [1.54, 1.807) is 23.8 Å². The summed E-state index contributed by atoms with van der Waals surface area (Å²) in [6, 6.07) is 0.0358. The third kappa shape index (κ3) is 4.38. The lowest BCUT2D eigenvalue weighted by Crippen LogP contribution is -2.33. The smallest absolute Gasteiger partial charge is 0.274 e. The first-order chi connectivity index (χ1) is 18.8. The summed E-state index contributed by atoms with van der Waals surface area (Å²) in [6.45, 7) is 7.00. The molecule has 0 bridgehead atoms. The summed E-state index contributed by atoms with van der Waals surface area (Å²) >= 11 is 0. The molecule has 7 rings (SSSR count). The predicted molar refractivity (Wildman–Crippen MR) is 147 cm³/mol. The van der Waals surface area contributed by atoms with Crippen LogP contribution in [0.15, 0.2) is 17.3 Å². The van der Waals surface area contributed by atoms with Gasteiger partial charge in [-0.3, -0.25) is 9.36 Å². The zero-order valence-corrected chi connectivity index (χ0v) is 23.6. The Morgan fingerprint density at radius 2 is 1.79 bits per heavy atom. The first-order valence-corrected chi connectivity index (χ1v) is 16.0. The maximum Gasteiger partial charge on any atom is 0.274 e. The van der Waals surface area contributed by atoms with Crippen LogP contribution in [0.1, 0.15) is 75.0 Å². The van der Waals surface area contributed by atoms with E-state index in [2.05, 4.69) is 16.9 Å². The number of fused-ring (bicyclic) bond motifs is 2. The number of rotatable bonds is 9. The minimum atomic E-state index is -3.12. The van der Waals surface area contributed by atoms with Crippen LogP contribution in [0.4, 0.5) is 0 Å². The fraction of sp³-hybridized carbons (Fsp3) is 0.643. The Balaban J connectivity index is 1.20. The SMILES string of the molecule is CCS(=O)(=O)N1C[C@@H]2C(CCc3nc4cnc(-c5c(C)ncnc5C5CC5)nc4n([C@@H](C)C4CC4)c3=O)[C@@H]2C1. The van der Waals surface area contributed by atoms with Crippen molar-refractivity contribution in [1.29, 1.82) is 0 Å². The second-order valence-electron chi connectivity index (χ2n) is 12.0. The summed E-state index contributed by atoms with van der Waals surface area (Å²) in [5.41, 5.74) is 4.45. The average molecular weight is 550 g/mol. The van der Waals surface area contributed by atoms with Crippen molar-refractivity contribution in [1.82, 2.24) is 33.8 Å². The highest BCUT2D eigenvalue weighted by Crippen LogP contribution is 2.54. The zero-order valence-electron chi connectivity index (χ0n) is 22.7. The van der Waals surface area contributed by atoms with E-state index >= 15 is 0 Å². The molecule has 10 nitrogen and oxygen atoms in total. The van der Waals surface area contributed by atoms with Gasteiger partial charge in [0.25, 0.3) is 5.56 Å². The van der Waals surface area contributed by atoms with E-state index in [0.717, 1.165) is 49.1 Å². The second kappa shape index (κ2) is 9.12. The number of piperidine rings is 1. The molecule has 3 aliphatic carbocycles. The molecule has 0 aromatic carbocycles. The molecule has 1 aliphatic heterocycles. The molecule has 3 aromatic rings. The number of nitrogens with zero attached hydrogens (tertiary/aromatic N) is 7. The molecule has 0 spiro atoms. The van der Waals surface area contributed by atoms with Gasteiger partial charge in [0.1, 0.15) is 17.5 Å². The van der Waals surface area contributed by atoms with Crippen molar-refractivity contribution in [3.63, 3.8) is 0 Å². The molecule has 1 unspecified atom stereocenters. The highest BCUT2D eigenvalue weighted by Gasteiger charge is 2.56. The average Bonchev–Trinajstić information content (AvgIpc) is 3.83. The Morgan fingerprint density at radius 1 is 1.05 bits per heavy atom. The predicted octanol–water partition coefficient (Wildman–Crippen LogP) is 3.26. The van der Waals surface area contributed by atoms with E-state index in [0.29, 0.717) is 71.8 Å². The molecule has 3 saturated carbocycles. The van der Waals surface area contributed by atoms with Crippen LogP contribution >= 0.6 is 0 Å². The Hall–Kier alpha value is -2.79. The van der Waals surface area contributed by atoms with Crippen molar-refractivity contribution in [3.8, 4) is 11.4 Å². The first-order valence-electron chi connectivity index (χ1n) is 14.3. The van der Waals surface area contributed by atoms with Gasteiger partial charge in [0.15, 0.2) is 11.5 Å². The van der Waals surface area contributed by atoms with E-state index in [4.69, 9.17) is 15.0 Å². The van der Waals surface area contributed by atoms with Crippen molar-refractivity contribution in [2.75, 3.05) is 18.8 Å². The van der Waals surface area contributed by atoms with E-state index in [-0.39, 0.29) is 17.4 Å². The van der Waals surface area contributed by atoms with Gasteiger partial charge in [0.2, 0.25) is 10.0 Å². The largest absolute Gasteiger partial charge is 0.287 e. The molecular weight excluding hydrogens is 514 g/mol. The number of aryl methyl sites for hydroxylation is 2. The maximum atomic E-state index is 13.9. The molecule has 0 amide bonds. The fourth-order valence-electron chi connectivity index (χ4n) is 6.69. The topological polar surface area (TPSA) is 124 Å². The molecule has 0 N–H and O–H groups in total. The van der Waals surface area contributed by atoms with Gasteiger partial charge in [-0.05, 0) is 83.0 Å². The minimum absolute atomic E-state index is 0.0358. The van der Waals surface area contributed by atoms with Crippen molar-refractivity contribution >= 4 is 21.2 Å². The molecule has 11 heteroatoms. The number of hydrogen-bond donors (Lipinski definition) is 0. The minimum Gasteiger partial charge on any atom is -0.287 e. The molecular formula is C28H35N7O3S. The van der Waals surface area contributed by atoms with Crippen molar-refractivity contribution in [2.45, 2.75) is 71.3 Å². The van der Waals surface area contributed by atoms with Gasteiger partial charge in [-0.25, -0.2) is 37.6 Å². The van der Waals surface area contributed by atoms with Gasteiger partial charge >= 0.3 is 0 Å². The van der Waals surface area contributed by atoms with Crippen LogP contribution in [-0.2, 0) is 16.4 Å². The maximum absolute atomic E-state index is 13.9. The Morgan fingerprint density at radius 3 is 2.46 bits per heavy atom. The Bertz CT molecular complexity index is 1620. The van der Waals surface area contributed by atoms with Crippen LogP contribution in [-0.4, -0.2) is 61.1 Å². The van der Waals surface area contributed by atoms with Crippen LogP contribution in [0, 0.1) is 30.6 Å². The third-order valence-corrected chi connectivity index (χ3v) is 11.3. The van der Waals surface area contributed by atoms with Gasteiger partial charge in [-0.1, -0.05) is 0 Å². The molecule has 4 heterocycles. The molecule has 4 fully saturated rings. The lowest BCUT2D eigenvalue weighted by molar-refractivity contribution is 0.404. The van der Waals surface area contributed by atoms with Crippen LogP contribution in [0.2, 0.25) is 0 Å². The molecule has 206 valence electrons. The fourth-order valence-corrected chi connectivity index (χ4v) is 7.85. The first kappa shape index (κ1) is 25.2. The van der Waals surface area contributed by atoms with E-state index in [9.17, 15) is 13.2 Å². The number of sulfonamides is 1. The molecule has 4 aliphatic rings. The van der Waals surface area contributed by atoms with Gasteiger partial charge in [-0.2, -0.15) is 0 Å². The summed E-state index contributed by atoms with van der Waals surface area (Å²) < 4.78 is 28.0. The molecule has 39 heavy (non-hydrogen) atoms. The molecule has 3 aromatic heterocycles. The van der Waals surface area contributed by atoms with Gasteiger partial charge in [0, 0.05) is 25.0 Å². The summed E-state index contributed by atoms with van der Waals surface area (Å²) in [7, 11) is -3.12. The summed E-state index contributed by atoms with van der Waals surface area (Å²) in [5, 5.41) is 0. The van der Waals surface area contributed by atoms with Gasteiger partial charge in [-0.15, -0.1) is 0 Å². The standard InChI is InChI=1S/C28H35N7O3S/c1-4-39(37,38)34-12-20-19(21(20)13-34)9-10-22-28(36)35(16(3)17-5-6-17)27-23(32-22)11-29-26(33-27)24-15(2)30-14-31-25(24)18-7-8-18/h11,14,16-21H,4-10,12-13H2,1-3H3/t16-,19?,20-,21+/m0/s1. The Kier molecular flexibility index (Phi) is 5.89. The Labute approximate surface area is 228 Å². The quantitative estimate of drug-likeness (QED) is 0.398. The molecule has 0 radical (unpaired) electrons. The van der Waals surface area contributed by atoms with Crippen molar-refractivity contribution in [2.24, 2.45) is 23.7 Å². The van der Waals surface area contributed by atoms with Gasteiger partial charge in [0.05, 0.1) is 28.9 Å². The third-order valence-electron chi connectivity index (χ3n) is 9.48. The molecule has 4 atom stereocenters. The van der Waals surface area contributed by atoms with Crippen molar-refractivity contribution in [3.05, 3.63) is 40.0 Å².